The molecule has 1 aliphatic rings. The molecule has 0 bridgehead atoms. The van der Waals surface area contributed by atoms with Crippen molar-refractivity contribution in [3.63, 3.8) is 0 Å². The van der Waals surface area contributed by atoms with Crippen LogP contribution in [0.15, 0.2) is 18.2 Å². The molecule has 2 heterocycles. The third-order valence-electron chi connectivity index (χ3n) is 3.41. The van der Waals surface area contributed by atoms with Crippen molar-refractivity contribution >= 4 is 28.5 Å². The van der Waals surface area contributed by atoms with Crippen molar-refractivity contribution < 1.29 is 9.53 Å². The van der Waals surface area contributed by atoms with Crippen LogP contribution in [0.2, 0.25) is 0 Å². The summed E-state index contributed by atoms with van der Waals surface area (Å²) in [7, 11) is 1.63. The maximum absolute atomic E-state index is 11.4. The van der Waals surface area contributed by atoms with Crippen LogP contribution in [-0.2, 0) is 10.7 Å². The Bertz CT molecular complexity index is 638. The van der Waals surface area contributed by atoms with Crippen LogP contribution in [0.25, 0.3) is 11.0 Å². The number of methoxy groups -OCH3 is 1. The normalized spacial score (nSPS) is 18.8. The van der Waals surface area contributed by atoms with Crippen LogP contribution in [0.5, 0.6) is 5.75 Å². The maximum Gasteiger partial charge on any atom is 0.222 e. The van der Waals surface area contributed by atoms with Crippen molar-refractivity contribution in [2.75, 3.05) is 13.7 Å². The monoisotopic (exact) mass is 279 g/mol. The van der Waals surface area contributed by atoms with E-state index in [2.05, 4.69) is 10.3 Å². The second kappa shape index (κ2) is 4.74. The molecular weight excluding hydrogens is 266 g/mol. The first-order valence-corrected chi connectivity index (χ1v) is 6.64. The first-order valence-electron chi connectivity index (χ1n) is 6.10. The lowest BCUT2D eigenvalue weighted by molar-refractivity contribution is -0.119. The lowest BCUT2D eigenvalue weighted by atomic mass is 10.2. The van der Waals surface area contributed by atoms with Gasteiger partial charge >= 0.3 is 0 Å². The van der Waals surface area contributed by atoms with Gasteiger partial charge in [0.25, 0.3) is 0 Å². The largest absolute Gasteiger partial charge is 0.497 e. The Kier molecular flexibility index (Phi) is 3.06. The lowest BCUT2D eigenvalue weighted by Gasteiger charge is -2.14. The number of rotatable bonds is 3. The number of aromatic nitrogens is 2. The van der Waals surface area contributed by atoms with Gasteiger partial charge in [-0.15, -0.1) is 11.6 Å². The van der Waals surface area contributed by atoms with Gasteiger partial charge in [0.05, 0.1) is 30.1 Å². The average Bonchev–Trinajstić information content (AvgIpc) is 3.00. The number of carbonyl (C=O) groups is 1. The summed E-state index contributed by atoms with van der Waals surface area (Å²) in [6, 6.07) is 5.78. The summed E-state index contributed by atoms with van der Waals surface area (Å²) in [5.74, 6) is 1.94. The molecule has 1 aromatic carbocycles. The number of nitrogens with zero attached hydrogens (tertiary/aromatic N) is 2. The predicted octanol–water partition coefficient (Wildman–Crippen LogP) is 1.84. The number of hydrogen-bond acceptors (Lipinski definition) is 3. The minimum Gasteiger partial charge on any atom is -0.497 e. The number of carbonyl (C=O) groups excluding carboxylic acids is 1. The number of hydrogen-bond donors (Lipinski definition) is 1. The van der Waals surface area contributed by atoms with E-state index in [1.54, 1.807) is 7.11 Å². The number of alkyl halides is 1. The number of fused-ring (bicyclic) bond motifs is 1. The van der Waals surface area contributed by atoms with Crippen molar-refractivity contribution in [3.05, 3.63) is 24.0 Å². The Hall–Kier alpha value is -1.75. The minimum atomic E-state index is 0.0651. The molecule has 1 fully saturated rings. The van der Waals surface area contributed by atoms with Crippen LogP contribution >= 0.6 is 11.6 Å². The standard InChI is InChI=1S/C13H14ClN3O2/c1-19-9-2-3-10-11(5-9)17(12(6-14)16-10)8-4-13(18)15-7-8/h2-3,5,8H,4,6-7H2,1H3,(H,15,18). The minimum absolute atomic E-state index is 0.0651. The Morgan fingerprint density at radius 1 is 1.58 bits per heavy atom. The van der Waals surface area contributed by atoms with E-state index in [0.717, 1.165) is 22.6 Å². The molecule has 1 N–H and O–H groups in total. The maximum atomic E-state index is 11.4. The third kappa shape index (κ3) is 2.04. The van der Waals surface area contributed by atoms with Crippen LogP contribution in [0.3, 0.4) is 0 Å². The Labute approximate surface area is 115 Å². The molecule has 0 aliphatic carbocycles. The lowest BCUT2D eigenvalue weighted by Crippen LogP contribution is -2.16. The molecule has 1 aliphatic heterocycles. The molecule has 100 valence electrons. The summed E-state index contributed by atoms with van der Waals surface area (Å²) in [6.45, 7) is 0.616. The number of benzene rings is 1. The fraction of sp³-hybridized carbons (Fsp3) is 0.385. The summed E-state index contributed by atoms with van der Waals surface area (Å²) in [6.07, 6.45) is 0.465. The van der Waals surface area contributed by atoms with Gasteiger partial charge in [-0.25, -0.2) is 4.98 Å². The molecular formula is C13H14ClN3O2. The molecule has 2 aromatic rings. The van der Waals surface area contributed by atoms with E-state index in [1.165, 1.54) is 0 Å². The molecule has 5 nitrogen and oxygen atoms in total. The fourth-order valence-corrected chi connectivity index (χ4v) is 2.71. The zero-order valence-electron chi connectivity index (χ0n) is 10.5. The second-order valence-electron chi connectivity index (χ2n) is 4.55. The molecule has 3 rings (SSSR count). The molecule has 0 radical (unpaired) electrons. The molecule has 1 atom stereocenters. The first-order chi connectivity index (χ1) is 9.22. The van der Waals surface area contributed by atoms with Crippen molar-refractivity contribution in [2.24, 2.45) is 0 Å². The van der Waals surface area contributed by atoms with Crippen LogP contribution in [0.1, 0.15) is 18.3 Å². The van der Waals surface area contributed by atoms with Gasteiger partial charge in [-0.3, -0.25) is 4.79 Å². The highest BCUT2D eigenvalue weighted by atomic mass is 35.5. The predicted molar refractivity (Wildman–Crippen MR) is 72.5 cm³/mol. The van der Waals surface area contributed by atoms with Crippen LogP contribution in [0, 0.1) is 0 Å². The third-order valence-corrected chi connectivity index (χ3v) is 3.65. The molecule has 1 saturated heterocycles. The number of nitrogens with one attached hydrogen (secondary N) is 1. The van der Waals surface area contributed by atoms with Gasteiger partial charge in [0.1, 0.15) is 11.6 Å². The molecule has 1 aromatic heterocycles. The van der Waals surface area contributed by atoms with E-state index in [0.29, 0.717) is 18.8 Å². The number of imidazole rings is 1. The van der Waals surface area contributed by atoms with Crippen molar-refractivity contribution in [2.45, 2.75) is 18.3 Å². The quantitative estimate of drug-likeness (QED) is 0.873. The fourth-order valence-electron chi connectivity index (χ4n) is 2.52. The molecule has 6 heteroatoms. The number of ether oxygens (including phenoxy) is 1. The van der Waals surface area contributed by atoms with E-state index < -0.39 is 0 Å². The second-order valence-corrected chi connectivity index (χ2v) is 4.82. The van der Waals surface area contributed by atoms with E-state index in [4.69, 9.17) is 16.3 Å². The highest BCUT2D eigenvalue weighted by Gasteiger charge is 2.26. The molecule has 19 heavy (non-hydrogen) atoms. The van der Waals surface area contributed by atoms with Gasteiger partial charge in [-0.2, -0.15) is 0 Å². The van der Waals surface area contributed by atoms with Gasteiger partial charge in [-0.1, -0.05) is 0 Å². The van der Waals surface area contributed by atoms with E-state index >= 15 is 0 Å². The topological polar surface area (TPSA) is 56.1 Å². The summed E-state index contributed by atoms with van der Waals surface area (Å²) in [5, 5.41) is 2.84. The summed E-state index contributed by atoms with van der Waals surface area (Å²) in [5.41, 5.74) is 1.83. The molecule has 0 saturated carbocycles. The summed E-state index contributed by atoms with van der Waals surface area (Å²) < 4.78 is 7.29. The molecule has 1 amide bonds. The van der Waals surface area contributed by atoms with Gasteiger partial charge < -0.3 is 14.6 Å². The number of halogens is 1. The van der Waals surface area contributed by atoms with E-state index in [9.17, 15) is 4.79 Å². The van der Waals surface area contributed by atoms with Crippen molar-refractivity contribution in [1.29, 1.82) is 0 Å². The first kappa shape index (κ1) is 12.3. The Morgan fingerprint density at radius 2 is 2.42 bits per heavy atom. The van der Waals surface area contributed by atoms with Crippen molar-refractivity contribution in [3.8, 4) is 5.75 Å². The zero-order valence-corrected chi connectivity index (χ0v) is 11.3. The zero-order chi connectivity index (χ0) is 13.4. The van der Waals surface area contributed by atoms with Crippen LogP contribution < -0.4 is 10.1 Å². The number of amides is 1. The molecule has 0 spiro atoms. The summed E-state index contributed by atoms with van der Waals surface area (Å²) >= 11 is 5.97. The Balaban J connectivity index is 2.16. The van der Waals surface area contributed by atoms with Crippen molar-refractivity contribution in [1.82, 2.24) is 14.9 Å². The Morgan fingerprint density at radius 3 is 3.05 bits per heavy atom. The summed E-state index contributed by atoms with van der Waals surface area (Å²) in [4.78, 5) is 15.9. The van der Waals surface area contributed by atoms with Gasteiger partial charge in [0.2, 0.25) is 5.91 Å². The highest BCUT2D eigenvalue weighted by Crippen LogP contribution is 2.28. The smallest absolute Gasteiger partial charge is 0.222 e. The van der Waals surface area contributed by atoms with Crippen LogP contribution in [0.4, 0.5) is 0 Å². The SMILES string of the molecule is COc1ccc2nc(CCl)n(C3CNC(=O)C3)c2c1. The van der Waals surface area contributed by atoms with Gasteiger partial charge in [0.15, 0.2) is 0 Å². The highest BCUT2D eigenvalue weighted by molar-refractivity contribution is 6.16. The van der Waals surface area contributed by atoms with E-state index in [-0.39, 0.29) is 11.9 Å². The molecule has 1 unspecified atom stereocenters. The van der Waals surface area contributed by atoms with Gasteiger partial charge in [-0.05, 0) is 12.1 Å². The van der Waals surface area contributed by atoms with E-state index in [1.807, 2.05) is 22.8 Å². The van der Waals surface area contributed by atoms with Crippen LogP contribution in [-0.4, -0.2) is 29.1 Å². The average molecular weight is 280 g/mol. The van der Waals surface area contributed by atoms with Gasteiger partial charge in [0, 0.05) is 19.0 Å².